The number of carbonyl (C=O) groups is 1. The van der Waals surface area contributed by atoms with Crippen molar-refractivity contribution in [1.82, 2.24) is 4.98 Å². The molecule has 2 N–H and O–H groups in total. The van der Waals surface area contributed by atoms with Gasteiger partial charge in [0.2, 0.25) is 0 Å². The second-order valence-corrected chi connectivity index (χ2v) is 4.39. The lowest BCUT2D eigenvalue weighted by Crippen LogP contribution is -2.03. The largest absolute Gasteiger partial charge is 0.465 e. The molecule has 1 aromatic carbocycles. The monoisotopic (exact) mass is 271 g/mol. The van der Waals surface area contributed by atoms with E-state index in [-0.39, 0.29) is 5.97 Å². The standard InChI is InChI=1S/C15H17N3O2/c1-10-13(17-11(2)14(10)15(19)20-3)9-16-18-12-7-5-4-6-8-12/h4-9,17-18H,1-3H3/b16-9+. The van der Waals surface area contributed by atoms with E-state index in [0.29, 0.717) is 5.56 Å². The molecule has 0 amide bonds. The fraction of sp³-hybridized carbons (Fsp3) is 0.200. The highest BCUT2D eigenvalue weighted by Gasteiger charge is 2.17. The Morgan fingerprint density at radius 1 is 1.30 bits per heavy atom. The minimum Gasteiger partial charge on any atom is -0.465 e. The zero-order valence-corrected chi connectivity index (χ0v) is 11.7. The van der Waals surface area contributed by atoms with Crippen molar-refractivity contribution in [1.29, 1.82) is 0 Å². The second-order valence-electron chi connectivity index (χ2n) is 4.39. The average molecular weight is 271 g/mol. The molecule has 0 saturated heterocycles. The number of methoxy groups -OCH3 is 1. The Labute approximate surface area is 117 Å². The van der Waals surface area contributed by atoms with E-state index in [1.165, 1.54) is 7.11 Å². The summed E-state index contributed by atoms with van der Waals surface area (Å²) in [6.07, 6.45) is 1.65. The zero-order valence-electron chi connectivity index (χ0n) is 11.7. The Hall–Kier alpha value is -2.56. The minimum atomic E-state index is -0.341. The number of hydrogen-bond acceptors (Lipinski definition) is 4. The maximum absolute atomic E-state index is 11.7. The lowest BCUT2D eigenvalue weighted by Gasteiger charge is -1.99. The third-order valence-corrected chi connectivity index (χ3v) is 3.03. The number of ether oxygens (including phenoxy) is 1. The van der Waals surface area contributed by atoms with E-state index in [4.69, 9.17) is 4.74 Å². The van der Waals surface area contributed by atoms with Crippen molar-refractivity contribution in [2.24, 2.45) is 5.10 Å². The van der Waals surface area contributed by atoms with Gasteiger partial charge in [-0.3, -0.25) is 5.43 Å². The molecule has 0 unspecified atom stereocenters. The maximum atomic E-state index is 11.7. The number of esters is 1. The number of aryl methyl sites for hydroxylation is 1. The molecule has 0 aliphatic rings. The van der Waals surface area contributed by atoms with Gasteiger partial charge in [0.25, 0.3) is 0 Å². The molecule has 0 fully saturated rings. The summed E-state index contributed by atoms with van der Waals surface area (Å²) in [5.41, 5.74) is 6.77. The van der Waals surface area contributed by atoms with Crippen LogP contribution in [0.2, 0.25) is 0 Å². The number of rotatable bonds is 4. The number of carbonyl (C=O) groups excluding carboxylic acids is 1. The van der Waals surface area contributed by atoms with Crippen LogP contribution in [0.5, 0.6) is 0 Å². The number of aromatic amines is 1. The number of anilines is 1. The Kier molecular flexibility index (Phi) is 4.20. The number of benzene rings is 1. The summed E-state index contributed by atoms with van der Waals surface area (Å²) in [4.78, 5) is 14.8. The lowest BCUT2D eigenvalue weighted by molar-refractivity contribution is 0.0599. The van der Waals surface area contributed by atoms with Crippen molar-refractivity contribution < 1.29 is 9.53 Å². The molecule has 0 bridgehead atoms. The minimum absolute atomic E-state index is 0.341. The smallest absolute Gasteiger partial charge is 0.339 e. The predicted octanol–water partition coefficient (Wildman–Crippen LogP) is 2.86. The van der Waals surface area contributed by atoms with Gasteiger partial charge >= 0.3 is 5.97 Å². The number of para-hydroxylation sites is 1. The first-order chi connectivity index (χ1) is 9.63. The van der Waals surface area contributed by atoms with Crippen LogP contribution in [0, 0.1) is 13.8 Å². The second kappa shape index (κ2) is 6.06. The maximum Gasteiger partial charge on any atom is 0.339 e. The van der Waals surface area contributed by atoms with Crippen LogP contribution in [0.3, 0.4) is 0 Å². The SMILES string of the molecule is COC(=O)c1c(C)[nH]c(/C=N/Nc2ccccc2)c1C. The van der Waals surface area contributed by atoms with E-state index in [2.05, 4.69) is 15.5 Å². The summed E-state index contributed by atoms with van der Waals surface area (Å²) in [6, 6.07) is 9.64. The molecule has 20 heavy (non-hydrogen) atoms. The summed E-state index contributed by atoms with van der Waals surface area (Å²) in [5.74, 6) is -0.341. The van der Waals surface area contributed by atoms with E-state index in [1.807, 2.05) is 44.2 Å². The number of H-pyrrole nitrogens is 1. The van der Waals surface area contributed by atoms with Crippen LogP contribution in [-0.2, 0) is 4.74 Å². The molecule has 2 rings (SSSR count). The van der Waals surface area contributed by atoms with E-state index < -0.39 is 0 Å². The molecule has 1 heterocycles. The molecule has 5 heteroatoms. The fourth-order valence-corrected chi connectivity index (χ4v) is 2.00. The average Bonchev–Trinajstić information content (AvgIpc) is 2.74. The van der Waals surface area contributed by atoms with Crippen molar-refractivity contribution >= 4 is 17.9 Å². The third-order valence-electron chi connectivity index (χ3n) is 3.03. The molecule has 0 atom stereocenters. The van der Waals surface area contributed by atoms with Crippen LogP contribution in [0.4, 0.5) is 5.69 Å². The van der Waals surface area contributed by atoms with Crippen molar-refractivity contribution in [3.05, 3.63) is 52.8 Å². The molecule has 0 aliphatic heterocycles. The molecule has 0 radical (unpaired) electrons. The van der Waals surface area contributed by atoms with Gasteiger partial charge in [-0.25, -0.2) is 4.79 Å². The lowest BCUT2D eigenvalue weighted by atomic mass is 10.1. The molecular weight excluding hydrogens is 254 g/mol. The van der Waals surface area contributed by atoms with E-state index in [0.717, 1.165) is 22.6 Å². The molecule has 104 valence electrons. The molecule has 5 nitrogen and oxygen atoms in total. The topological polar surface area (TPSA) is 66.5 Å². The Bertz CT molecular complexity index is 630. The number of aromatic nitrogens is 1. The Balaban J connectivity index is 2.16. The normalized spacial score (nSPS) is 10.8. The highest BCUT2D eigenvalue weighted by atomic mass is 16.5. The quantitative estimate of drug-likeness (QED) is 0.510. The van der Waals surface area contributed by atoms with Gasteiger partial charge in [-0.2, -0.15) is 5.10 Å². The number of hydrazone groups is 1. The number of hydrogen-bond donors (Lipinski definition) is 2. The summed E-state index contributed by atoms with van der Waals surface area (Å²) < 4.78 is 4.77. The van der Waals surface area contributed by atoms with Gasteiger partial charge in [-0.15, -0.1) is 0 Å². The van der Waals surface area contributed by atoms with Crippen LogP contribution < -0.4 is 5.43 Å². The van der Waals surface area contributed by atoms with E-state index in [9.17, 15) is 4.79 Å². The molecule has 2 aromatic rings. The van der Waals surface area contributed by atoms with Crippen molar-refractivity contribution in [2.75, 3.05) is 12.5 Å². The molecule has 0 spiro atoms. The van der Waals surface area contributed by atoms with Gasteiger partial charge in [0.15, 0.2) is 0 Å². The van der Waals surface area contributed by atoms with Crippen LogP contribution in [-0.4, -0.2) is 24.3 Å². The first kappa shape index (κ1) is 13.9. The van der Waals surface area contributed by atoms with Crippen molar-refractivity contribution in [3.8, 4) is 0 Å². The summed E-state index contributed by atoms with van der Waals surface area (Å²) >= 11 is 0. The molecule has 0 saturated carbocycles. The summed E-state index contributed by atoms with van der Waals surface area (Å²) in [6.45, 7) is 3.70. The Morgan fingerprint density at radius 3 is 2.65 bits per heavy atom. The van der Waals surface area contributed by atoms with E-state index in [1.54, 1.807) is 6.21 Å². The van der Waals surface area contributed by atoms with Gasteiger partial charge < -0.3 is 9.72 Å². The molecule has 0 aliphatic carbocycles. The molecular formula is C15H17N3O2. The van der Waals surface area contributed by atoms with Gasteiger partial charge in [0, 0.05) is 5.69 Å². The highest BCUT2D eigenvalue weighted by molar-refractivity contribution is 5.96. The summed E-state index contributed by atoms with van der Waals surface area (Å²) in [7, 11) is 1.37. The van der Waals surface area contributed by atoms with E-state index >= 15 is 0 Å². The van der Waals surface area contributed by atoms with Gasteiger partial charge in [-0.05, 0) is 31.5 Å². The summed E-state index contributed by atoms with van der Waals surface area (Å²) in [5, 5.41) is 4.15. The Morgan fingerprint density at radius 2 is 2.00 bits per heavy atom. The fourth-order valence-electron chi connectivity index (χ4n) is 2.00. The van der Waals surface area contributed by atoms with Crippen molar-refractivity contribution in [3.63, 3.8) is 0 Å². The third kappa shape index (κ3) is 2.88. The van der Waals surface area contributed by atoms with Crippen LogP contribution in [0.1, 0.15) is 27.3 Å². The number of nitrogens with one attached hydrogen (secondary N) is 2. The van der Waals surface area contributed by atoms with Crippen molar-refractivity contribution in [2.45, 2.75) is 13.8 Å². The number of nitrogens with zero attached hydrogens (tertiary/aromatic N) is 1. The highest BCUT2D eigenvalue weighted by Crippen LogP contribution is 2.17. The van der Waals surface area contributed by atoms with Crippen LogP contribution in [0.15, 0.2) is 35.4 Å². The van der Waals surface area contributed by atoms with Crippen LogP contribution in [0.25, 0.3) is 0 Å². The predicted molar refractivity (Wildman–Crippen MR) is 79.3 cm³/mol. The molecule has 1 aromatic heterocycles. The first-order valence-electron chi connectivity index (χ1n) is 6.25. The van der Waals surface area contributed by atoms with Gasteiger partial charge in [-0.1, -0.05) is 18.2 Å². The van der Waals surface area contributed by atoms with Gasteiger partial charge in [0.05, 0.1) is 30.3 Å². The van der Waals surface area contributed by atoms with Crippen LogP contribution >= 0.6 is 0 Å². The zero-order chi connectivity index (χ0) is 14.5. The first-order valence-corrected chi connectivity index (χ1v) is 6.25. The van der Waals surface area contributed by atoms with Gasteiger partial charge in [0.1, 0.15) is 0 Å².